The zero-order valence-corrected chi connectivity index (χ0v) is 17.0. The second kappa shape index (κ2) is 7.42. The van der Waals surface area contributed by atoms with Crippen molar-refractivity contribution in [3.63, 3.8) is 0 Å². The summed E-state index contributed by atoms with van der Waals surface area (Å²) in [7, 11) is 0. The van der Waals surface area contributed by atoms with Gasteiger partial charge in [-0.1, -0.05) is 32.6 Å². The maximum absolute atomic E-state index is 12.5. The van der Waals surface area contributed by atoms with Crippen molar-refractivity contribution in [1.82, 2.24) is 4.98 Å². The number of cyclic esters (lactones) is 1. The van der Waals surface area contributed by atoms with Crippen molar-refractivity contribution in [2.24, 2.45) is 11.3 Å². The Balaban J connectivity index is 0.000000932. The number of nitrogens with zero attached hydrogens (tertiary/aromatic N) is 1. The molecule has 0 radical (unpaired) electrons. The summed E-state index contributed by atoms with van der Waals surface area (Å²) in [6.45, 7) is 8.26. The predicted octanol–water partition coefficient (Wildman–Crippen LogP) is 5.79. The molecule has 28 heavy (non-hydrogen) atoms. The Hall–Kier alpha value is -2.62. The lowest BCUT2D eigenvalue weighted by Crippen LogP contribution is -2.31. The van der Waals surface area contributed by atoms with Crippen molar-refractivity contribution in [3.8, 4) is 10.8 Å². The molecule has 0 amide bonds. The molecule has 2 fully saturated rings. The molecule has 4 nitrogen and oxygen atoms in total. The topological polar surface area (TPSA) is 52.3 Å². The first-order valence-corrected chi connectivity index (χ1v) is 10.5. The van der Waals surface area contributed by atoms with Crippen LogP contribution in [-0.4, -0.2) is 17.6 Å². The molecule has 3 aromatic rings. The zero-order chi connectivity index (χ0) is 19.7. The van der Waals surface area contributed by atoms with E-state index >= 15 is 0 Å². The van der Waals surface area contributed by atoms with Gasteiger partial charge >= 0.3 is 5.97 Å². The molecule has 3 heterocycles. The van der Waals surface area contributed by atoms with Crippen LogP contribution in [0.3, 0.4) is 0 Å². The first-order valence-electron chi connectivity index (χ1n) is 9.66. The number of carbonyl (C=O) groups excluding carboxylic acids is 1. The smallest absolute Gasteiger partial charge is 0.313 e. The minimum Gasteiger partial charge on any atom is -0.465 e. The highest BCUT2D eigenvalue weighted by Gasteiger charge is 2.56. The molecule has 144 valence electrons. The van der Waals surface area contributed by atoms with E-state index in [-0.39, 0.29) is 11.9 Å². The van der Waals surface area contributed by atoms with Crippen LogP contribution >= 0.6 is 11.3 Å². The fraction of sp³-hybridized carbons (Fsp3) is 0.348. The third-order valence-corrected chi connectivity index (χ3v) is 6.44. The van der Waals surface area contributed by atoms with Gasteiger partial charge in [0.05, 0.1) is 16.9 Å². The average Bonchev–Trinajstić information content (AvgIpc) is 3.48. The van der Waals surface area contributed by atoms with E-state index in [1.165, 1.54) is 0 Å². The second-order valence-corrected chi connectivity index (χ2v) is 8.04. The van der Waals surface area contributed by atoms with Gasteiger partial charge in [0.1, 0.15) is 5.52 Å². The Kier molecular flexibility index (Phi) is 4.96. The van der Waals surface area contributed by atoms with Gasteiger partial charge in [-0.25, -0.2) is 4.98 Å². The van der Waals surface area contributed by atoms with Gasteiger partial charge < -0.3 is 9.15 Å². The highest BCUT2D eigenvalue weighted by atomic mass is 32.1. The van der Waals surface area contributed by atoms with Crippen molar-refractivity contribution >= 4 is 28.4 Å². The summed E-state index contributed by atoms with van der Waals surface area (Å²) in [5.41, 5.74) is 6.31. The number of fused-ring (bicyclic) bond motifs is 2. The van der Waals surface area contributed by atoms with Gasteiger partial charge in [-0.05, 0) is 54.0 Å². The molecular formula is C23H23NO3S. The van der Waals surface area contributed by atoms with E-state index in [4.69, 9.17) is 9.15 Å². The van der Waals surface area contributed by atoms with E-state index in [1.54, 1.807) is 11.3 Å². The van der Waals surface area contributed by atoms with E-state index < -0.39 is 5.41 Å². The van der Waals surface area contributed by atoms with Gasteiger partial charge in [0.2, 0.25) is 5.89 Å². The standard InChI is InChI=1S/C21H17NO3S.C2H6/c1-2-13-8-15-12-24-20(23)21(15,10-13)11-14-5-6-16-17(9-14)25-19(22-16)18-4-3-7-26-18;1-2/h3-7,9,15H,1,8,10-12H2;1-2H3. The third-order valence-electron chi connectivity index (χ3n) is 5.58. The highest BCUT2D eigenvalue weighted by molar-refractivity contribution is 7.13. The lowest BCUT2D eigenvalue weighted by molar-refractivity contribution is -0.146. The van der Waals surface area contributed by atoms with Gasteiger partial charge in [0, 0.05) is 5.92 Å². The Morgan fingerprint density at radius 1 is 1.36 bits per heavy atom. The fourth-order valence-corrected chi connectivity index (χ4v) is 4.88. The Morgan fingerprint density at radius 2 is 2.21 bits per heavy atom. The van der Waals surface area contributed by atoms with E-state index in [2.05, 4.69) is 17.3 Å². The number of benzene rings is 1. The van der Waals surface area contributed by atoms with Gasteiger partial charge in [0.15, 0.2) is 5.58 Å². The lowest BCUT2D eigenvalue weighted by atomic mass is 9.75. The molecule has 0 spiro atoms. The number of hydrogen-bond donors (Lipinski definition) is 0. The van der Waals surface area contributed by atoms with Crippen LogP contribution in [0, 0.1) is 11.3 Å². The molecule has 2 unspecified atom stereocenters. The predicted molar refractivity (Wildman–Crippen MR) is 111 cm³/mol. The SMILES string of the molecule is C=C=C1CC2COC(=O)C2(Cc2ccc3nc(-c4cccs4)oc3c2)C1.CC. The van der Waals surface area contributed by atoms with Crippen molar-refractivity contribution in [1.29, 1.82) is 0 Å². The maximum atomic E-state index is 12.5. The molecule has 1 aliphatic heterocycles. The molecule has 1 aliphatic carbocycles. The summed E-state index contributed by atoms with van der Waals surface area (Å²) in [5.74, 6) is 0.761. The summed E-state index contributed by atoms with van der Waals surface area (Å²) in [6.07, 6.45) is 2.18. The monoisotopic (exact) mass is 393 g/mol. The van der Waals surface area contributed by atoms with Crippen LogP contribution in [0.25, 0.3) is 21.9 Å². The lowest BCUT2D eigenvalue weighted by Gasteiger charge is -2.23. The fourth-order valence-electron chi connectivity index (χ4n) is 4.23. The number of esters is 1. The summed E-state index contributed by atoms with van der Waals surface area (Å²) >= 11 is 1.60. The Labute approximate surface area is 168 Å². The average molecular weight is 394 g/mol. The largest absolute Gasteiger partial charge is 0.465 e. The maximum Gasteiger partial charge on any atom is 0.313 e. The van der Waals surface area contributed by atoms with Crippen LogP contribution in [0.2, 0.25) is 0 Å². The van der Waals surface area contributed by atoms with Crippen molar-refractivity contribution < 1.29 is 13.9 Å². The Morgan fingerprint density at radius 3 is 2.96 bits per heavy atom. The van der Waals surface area contributed by atoms with E-state index in [0.29, 0.717) is 25.3 Å². The van der Waals surface area contributed by atoms with Crippen molar-refractivity contribution in [3.05, 3.63) is 59.2 Å². The molecule has 1 aromatic carbocycles. The Bertz CT molecular complexity index is 1060. The van der Waals surface area contributed by atoms with Crippen LogP contribution in [0.4, 0.5) is 0 Å². The van der Waals surface area contributed by atoms with E-state index in [0.717, 1.165) is 33.5 Å². The summed E-state index contributed by atoms with van der Waals surface area (Å²) in [5, 5.41) is 2.01. The van der Waals surface area contributed by atoms with Gasteiger partial charge in [-0.3, -0.25) is 4.79 Å². The van der Waals surface area contributed by atoms with E-state index in [9.17, 15) is 4.79 Å². The molecule has 2 aromatic heterocycles. The number of thiophene rings is 1. The van der Waals surface area contributed by atoms with E-state index in [1.807, 2.05) is 49.6 Å². The second-order valence-electron chi connectivity index (χ2n) is 7.09. The molecule has 1 saturated carbocycles. The van der Waals surface area contributed by atoms with Crippen molar-refractivity contribution in [2.75, 3.05) is 6.61 Å². The van der Waals surface area contributed by atoms with Gasteiger partial charge in [0.25, 0.3) is 0 Å². The number of carbonyl (C=O) groups is 1. The minimum atomic E-state index is -0.482. The third kappa shape index (κ3) is 3.01. The molecule has 1 saturated heterocycles. The summed E-state index contributed by atoms with van der Waals surface area (Å²) < 4.78 is 11.3. The van der Waals surface area contributed by atoms with Gasteiger partial charge in [-0.2, -0.15) is 0 Å². The van der Waals surface area contributed by atoms with Crippen molar-refractivity contribution in [2.45, 2.75) is 33.1 Å². The minimum absolute atomic E-state index is 0.0929. The molecule has 5 heteroatoms. The summed E-state index contributed by atoms with van der Waals surface area (Å²) in [4.78, 5) is 18.1. The van der Waals surface area contributed by atoms with Crippen LogP contribution in [0.15, 0.2) is 58.0 Å². The number of ether oxygens (including phenoxy) is 1. The van der Waals surface area contributed by atoms with Gasteiger partial charge in [-0.15, -0.1) is 17.1 Å². The van der Waals surface area contributed by atoms with Crippen LogP contribution < -0.4 is 0 Å². The number of rotatable bonds is 3. The summed E-state index contributed by atoms with van der Waals surface area (Å²) in [6, 6.07) is 9.99. The normalized spacial score (nSPS) is 23.1. The molecule has 2 atom stereocenters. The van der Waals surface area contributed by atoms with Crippen LogP contribution in [0.1, 0.15) is 32.3 Å². The number of oxazole rings is 1. The van der Waals surface area contributed by atoms with Crippen LogP contribution in [-0.2, 0) is 16.0 Å². The number of hydrogen-bond acceptors (Lipinski definition) is 5. The molecule has 0 N–H and O–H groups in total. The molecule has 5 rings (SSSR count). The molecule has 0 bridgehead atoms. The quantitative estimate of drug-likeness (QED) is 0.417. The number of allylic oxidation sites excluding steroid dienone is 1. The highest BCUT2D eigenvalue weighted by Crippen LogP contribution is 2.52. The molecular weight excluding hydrogens is 370 g/mol. The van der Waals surface area contributed by atoms with Crippen LogP contribution in [0.5, 0.6) is 0 Å². The molecule has 2 aliphatic rings. The number of aromatic nitrogens is 1. The zero-order valence-electron chi connectivity index (χ0n) is 16.2. The first-order chi connectivity index (χ1) is 13.7. The first kappa shape index (κ1) is 18.7.